The van der Waals surface area contributed by atoms with Crippen molar-refractivity contribution in [2.45, 2.75) is 51.7 Å². The quantitative estimate of drug-likeness (QED) is 0.833. The number of rotatable bonds is 5. The molecule has 1 aliphatic rings. The highest BCUT2D eigenvalue weighted by atomic mass is 32.2. The average Bonchev–Trinajstić information content (AvgIpc) is 2.28. The highest BCUT2D eigenvalue weighted by Crippen LogP contribution is 2.23. The van der Waals surface area contributed by atoms with Gasteiger partial charge in [0.15, 0.2) is 0 Å². The van der Waals surface area contributed by atoms with Crippen molar-refractivity contribution in [2.75, 3.05) is 26.2 Å². The van der Waals surface area contributed by atoms with Crippen LogP contribution in [0.3, 0.4) is 0 Å². The van der Waals surface area contributed by atoms with Crippen LogP contribution in [0.4, 0.5) is 0 Å². The van der Waals surface area contributed by atoms with E-state index in [1.54, 1.807) is 25.1 Å². The maximum atomic E-state index is 12.5. The van der Waals surface area contributed by atoms with Crippen molar-refractivity contribution in [3.8, 4) is 0 Å². The summed E-state index contributed by atoms with van der Waals surface area (Å²) in [6, 6.07) is 0. The van der Waals surface area contributed by atoms with Crippen LogP contribution < -0.4 is 5.32 Å². The fourth-order valence-corrected chi connectivity index (χ4v) is 3.90. The molecule has 108 valence electrons. The normalized spacial score (nSPS) is 19.4. The van der Waals surface area contributed by atoms with Crippen molar-refractivity contribution < 1.29 is 8.42 Å². The van der Waals surface area contributed by atoms with Crippen LogP contribution in [-0.4, -0.2) is 43.6 Å². The Kier molecular flexibility index (Phi) is 5.62. The first-order valence-corrected chi connectivity index (χ1v) is 8.43. The van der Waals surface area contributed by atoms with Crippen molar-refractivity contribution in [1.29, 1.82) is 0 Å². The maximum absolute atomic E-state index is 12.5. The highest BCUT2D eigenvalue weighted by Gasteiger charge is 2.35. The summed E-state index contributed by atoms with van der Waals surface area (Å²) in [6.45, 7) is 10.8. The lowest BCUT2D eigenvalue weighted by Gasteiger charge is -2.33. The van der Waals surface area contributed by atoms with Gasteiger partial charge < -0.3 is 5.32 Å². The standard InChI is InChI=1S/C13H28N2O2S/c1-5-10-15(18(16,17)13(2,3)4)11-12-6-8-14-9-7-12/h12,14H,5-11H2,1-4H3. The Labute approximate surface area is 112 Å². The van der Waals surface area contributed by atoms with Gasteiger partial charge in [0.1, 0.15) is 0 Å². The van der Waals surface area contributed by atoms with Gasteiger partial charge in [0, 0.05) is 13.1 Å². The molecule has 1 heterocycles. The van der Waals surface area contributed by atoms with E-state index in [4.69, 9.17) is 0 Å². The summed E-state index contributed by atoms with van der Waals surface area (Å²) < 4.78 is 26.1. The van der Waals surface area contributed by atoms with Crippen molar-refractivity contribution in [2.24, 2.45) is 5.92 Å². The Bertz CT molecular complexity index is 340. The van der Waals surface area contributed by atoms with Gasteiger partial charge in [0.2, 0.25) is 10.0 Å². The summed E-state index contributed by atoms with van der Waals surface area (Å²) in [7, 11) is -3.19. The number of piperidine rings is 1. The summed E-state index contributed by atoms with van der Waals surface area (Å²) in [4.78, 5) is 0. The minimum Gasteiger partial charge on any atom is -0.317 e. The van der Waals surface area contributed by atoms with Crippen LogP contribution in [0.25, 0.3) is 0 Å². The van der Waals surface area contributed by atoms with Crippen molar-refractivity contribution >= 4 is 10.0 Å². The van der Waals surface area contributed by atoms with E-state index in [2.05, 4.69) is 5.32 Å². The van der Waals surface area contributed by atoms with Gasteiger partial charge in [-0.05, 0) is 59.0 Å². The fourth-order valence-electron chi connectivity index (χ4n) is 2.30. The average molecular weight is 276 g/mol. The van der Waals surface area contributed by atoms with Crippen LogP contribution in [-0.2, 0) is 10.0 Å². The van der Waals surface area contributed by atoms with E-state index in [1.807, 2.05) is 6.92 Å². The third-order valence-electron chi connectivity index (χ3n) is 3.51. The smallest absolute Gasteiger partial charge is 0.219 e. The lowest BCUT2D eigenvalue weighted by Crippen LogP contribution is -2.46. The molecule has 1 rings (SSSR count). The molecule has 0 saturated carbocycles. The number of hydrogen-bond donors (Lipinski definition) is 1. The molecule has 0 aliphatic carbocycles. The van der Waals surface area contributed by atoms with Gasteiger partial charge in [0.05, 0.1) is 4.75 Å². The molecule has 0 atom stereocenters. The SMILES string of the molecule is CCCN(CC1CCNCC1)S(=O)(=O)C(C)(C)C. The van der Waals surface area contributed by atoms with Crippen LogP contribution >= 0.6 is 0 Å². The Morgan fingerprint density at radius 1 is 1.22 bits per heavy atom. The Hall–Kier alpha value is -0.130. The predicted molar refractivity (Wildman–Crippen MR) is 76.1 cm³/mol. The second-order valence-corrected chi connectivity index (χ2v) is 8.86. The molecule has 0 unspecified atom stereocenters. The Balaban J connectivity index is 2.75. The van der Waals surface area contributed by atoms with Crippen molar-refractivity contribution in [3.63, 3.8) is 0 Å². The van der Waals surface area contributed by atoms with E-state index in [9.17, 15) is 8.42 Å². The largest absolute Gasteiger partial charge is 0.317 e. The summed E-state index contributed by atoms with van der Waals surface area (Å²) in [5.74, 6) is 0.509. The molecule has 0 spiro atoms. The molecule has 0 radical (unpaired) electrons. The molecule has 5 heteroatoms. The number of hydrogen-bond acceptors (Lipinski definition) is 3. The monoisotopic (exact) mass is 276 g/mol. The Morgan fingerprint density at radius 3 is 2.22 bits per heavy atom. The van der Waals surface area contributed by atoms with Crippen LogP contribution in [0, 0.1) is 5.92 Å². The van der Waals surface area contributed by atoms with Gasteiger partial charge in [-0.2, -0.15) is 0 Å². The lowest BCUT2D eigenvalue weighted by atomic mass is 9.98. The first-order chi connectivity index (χ1) is 8.29. The summed E-state index contributed by atoms with van der Waals surface area (Å²) in [6.07, 6.45) is 3.04. The van der Waals surface area contributed by atoms with Crippen LogP contribution in [0.2, 0.25) is 0 Å². The Morgan fingerprint density at radius 2 is 1.78 bits per heavy atom. The topological polar surface area (TPSA) is 49.4 Å². The number of nitrogens with zero attached hydrogens (tertiary/aromatic N) is 1. The molecule has 0 aromatic heterocycles. The van der Waals surface area contributed by atoms with Gasteiger partial charge in [0.25, 0.3) is 0 Å². The zero-order valence-corrected chi connectivity index (χ0v) is 13.0. The zero-order valence-electron chi connectivity index (χ0n) is 12.2. The molecule has 0 aromatic rings. The van der Waals surface area contributed by atoms with Crippen LogP contribution in [0.1, 0.15) is 47.0 Å². The van der Waals surface area contributed by atoms with Crippen LogP contribution in [0.5, 0.6) is 0 Å². The molecular formula is C13H28N2O2S. The zero-order chi connectivity index (χ0) is 13.8. The molecule has 0 bridgehead atoms. The number of nitrogens with one attached hydrogen (secondary N) is 1. The van der Waals surface area contributed by atoms with Crippen molar-refractivity contribution in [3.05, 3.63) is 0 Å². The first kappa shape index (κ1) is 15.9. The predicted octanol–water partition coefficient (Wildman–Crippen LogP) is 1.83. The third-order valence-corrected chi connectivity index (χ3v) is 6.07. The minimum atomic E-state index is -3.19. The van der Waals surface area contributed by atoms with E-state index < -0.39 is 14.8 Å². The molecule has 0 aromatic carbocycles. The molecule has 4 nitrogen and oxygen atoms in total. The first-order valence-electron chi connectivity index (χ1n) is 6.99. The molecule has 1 N–H and O–H groups in total. The second-order valence-electron chi connectivity index (χ2n) is 6.17. The summed E-state index contributed by atoms with van der Waals surface area (Å²) in [5, 5.41) is 3.32. The summed E-state index contributed by atoms with van der Waals surface area (Å²) in [5.41, 5.74) is 0. The molecule has 1 aliphatic heterocycles. The highest BCUT2D eigenvalue weighted by molar-refractivity contribution is 7.90. The van der Waals surface area contributed by atoms with E-state index in [0.717, 1.165) is 32.4 Å². The molecule has 1 fully saturated rings. The molecule has 18 heavy (non-hydrogen) atoms. The second kappa shape index (κ2) is 6.35. The molecule has 0 amide bonds. The summed E-state index contributed by atoms with van der Waals surface area (Å²) >= 11 is 0. The van der Waals surface area contributed by atoms with Crippen LogP contribution in [0.15, 0.2) is 0 Å². The van der Waals surface area contributed by atoms with E-state index >= 15 is 0 Å². The third kappa shape index (κ3) is 3.93. The van der Waals surface area contributed by atoms with Gasteiger partial charge in [-0.3, -0.25) is 0 Å². The van der Waals surface area contributed by atoms with Gasteiger partial charge in [-0.1, -0.05) is 6.92 Å². The molecule has 1 saturated heterocycles. The van der Waals surface area contributed by atoms with Gasteiger partial charge in [-0.25, -0.2) is 12.7 Å². The molecular weight excluding hydrogens is 248 g/mol. The minimum absolute atomic E-state index is 0.509. The van der Waals surface area contributed by atoms with Gasteiger partial charge in [-0.15, -0.1) is 0 Å². The number of sulfonamides is 1. The fraction of sp³-hybridized carbons (Fsp3) is 1.00. The lowest BCUT2D eigenvalue weighted by molar-refractivity contribution is 0.283. The van der Waals surface area contributed by atoms with Crippen molar-refractivity contribution in [1.82, 2.24) is 9.62 Å². The van der Waals surface area contributed by atoms with E-state index in [0.29, 0.717) is 19.0 Å². The maximum Gasteiger partial charge on any atom is 0.219 e. The van der Waals surface area contributed by atoms with E-state index in [-0.39, 0.29) is 0 Å². The van der Waals surface area contributed by atoms with Gasteiger partial charge >= 0.3 is 0 Å². The van der Waals surface area contributed by atoms with E-state index in [1.165, 1.54) is 0 Å².